The second-order valence-corrected chi connectivity index (χ2v) is 6.86. The molecule has 0 spiro atoms. The van der Waals surface area contributed by atoms with E-state index < -0.39 is 0 Å². The number of hydrogen-bond donors (Lipinski definition) is 3. The van der Waals surface area contributed by atoms with Crippen LogP contribution in [0.15, 0.2) is 46.7 Å². The quantitative estimate of drug-likeness (QED) is 0.427. The third-order valence-corrected chi connectivity index (χ3v) is 4.80. The number of H-pyrrole nitrogens is 1. The van der Waals surface area contributed by atoms with Crippen LogP contribution in [0.4, 0.5) is 9.52 Å². The lowest BCUT2D eigenvalue weighted by Crippen LogP contribution is -2.14. The minimum atomic E-state index is -0.360. The van der Waals surface area contributed by atoms with Crippen molar-refractivity contribution in [3.05, 3.63) is 63.9 Å². The van der Waals surface area contributed by atoms with Crippen molar-refractivity contribution >= 4 is 27.4 Å². The van der Waals surface area contributed by atoms with Crippen molar-refractivity contribution in [3.63, 3.8) is 0 Å². The van der Waals surface area contributed by atoms with E-state index >= 15 is 0 Å². The Morgan fingerprint density at radius 1 is 1.21 bits per heavy atom. The number of aliphatic hydroxyl groups excluding tert-OH is 1. The predicted molar refractivity (Wildman–Crippen MR) is 108 cm³/mol. The number of pyridine rings is 1. The first-order chi connectivity index (χ1) is 14.1. The van der Waals surface area contributed by atoms with E-state index in [2.05, 4.69) is 25.3 Å². The average molecular weight is 413 g/mol. The molecule has 3 aromatic heterocycles. The highest BCUT2D eigenvalue weighted by Gasteiger charge is 2.14. The summed E-state index contributed by atoms with van der Waals surface area (Å²) >= 11 is 1.37. The van der Waals surface area contributed by atoms with Gasteiger partial charge >= 0.3 is 0 Å². The van der Waals surface area contributed by atoms with Gasteiger partial charge < -0.3 is 20.1 Å². The Kier molecular flexibility index (Phi) is 5.45. The van der Waals surface area contributed by atoms with Crippen LogP contribution in [0.1, 0.15) is 5.82 Å². The number of nitrogens with one attached hydrogen (secondary N) is 2. The minimum Gasteiger partial charge on any atom is -0.486 e. The van der Waals surface area contributed by atoms with Crippen molar-refractivity contribution in [2.45, 2.75) is 6.61 Å². The van der Waals surface area contributed by atoms with Crippen LogP contribution in [0, 0.1) is 5.82 Å². The van der Waals surface area contributed by atoms with E-state index in [0.717, 1.165) is 0 Å². The number of benzene rings is 1. The number of aromatic nitrogens is 4. The first-order valence-corrected chi connectivity index (χ1v) is 9.59. The molecular formula is C19H16FN5O3S. The standard InChI is InChI=1S/C19H16FN5O3S/c20-11-1-3-12(4-2-11)28-9-15-24-16-13(18(27)25-15)5-6-21-17(16)14-10-29-19(23-14)22-7-8-26/h1-6,10,26H,7-9H2,(H,22,23)(H,24,25,27). The zero-order valence-electron chi connectivity index (χ0n) is 15.1. The first kappa shape index (κ1) is 19.0. The molecule has 29 heavy (non-hydrogen) atoms. The summed E-state index contributed by atoms with van der Waals surface area (Å²) in [5.41, 5.74) is 1.15. The van der Waals surface area contributed by atoms with E-state index in [1.807, 2.05) is 0 Å². The number of fused-ring (bicyclic) bond motifs is 1. The fraction of sp³-hybridized carbons (Fsp3) is 0.158. The van der Waals surface area contributed by atoms with Crippen LogP contribution < -0.4 is 15.6 Å². The van der Waals surface area contributed by atoms with E-state index in [1.54, 1.807) is 11.4 Å². The molecule has 0 aliphatic carbocycles. The van der Waals surface area contributed by atoms with Gasteiger partial charge in [0.1, 0.15) is 40.9 Å². The molecule has 0 saturated heterocycles. The number of aliphatic hydroxyl groups is 1. The van der Waals surface area contributed by atoms with Crippen LogP contribution in [0.3, 0.4) is 0 Å². The van der Waals surface area contributed by atoms with Gasteiger partial charge in [-0.2, -0.15) is 0 Å². The summed E-state index contributed by atoms with van der Waals surface area (Å²) in [5.74, 6) is 0.413. The van der Waals surface area contributed by atoms with Crippen LogP contribution in [-0.2, 0) is 6.61 Å². The van der Waals surface area contributed by atoms with Crippen molar-refractivity contribution in [3.8, 4) is 17.1 Å². The molecule has 0 aliphatic rings. The number of nitrogens with zero attached hydrogens (tertiary/aromatic N) is 3. The number of rotatable bonds is 7. The van der Waals surface area contributed by atoms with Gasteiger partial charge in [-0.15, -0.1) is 11.3 Å². The summed E-state index contributed by atoms with van der Waals surface area (Å²) in [6, 6.07) is 7.17. The first-order valence-electron chi connectivity index (χ1n) is 8.71. The van der Waals surface area contributed by atoms with Crippen molar-refractivity contribution in [2.24, 2.45) is 0 Å². The molecule has 0 atom stereocenters. The third-order valence-electron chi connectivity index (χ3n) is 4.00. The molecule has 3 N–H and O–H groups in total. The van der Waals surface area contributed by atoms with Gasteiger partial charge in [-0.3, -0.25) is 9.78 Å². The van der Waals surface area contributed by atoms with Crippen molar-refractivity contribution in [1.82, 2.24) is 19.9 Å². The maximum absolute atomic E-state index is 13.0. The van der Waals surface area contributed by atoms with Gasteiger partial charge in [-0.1, -0.05) is 0 Å². The Bertz CT molecular complexity index is 1190. The Morgan fingerprint density at radius 3 is 2.83 bits per heavy atom. The Balaban J connectivity index is 1.66. The van der Waals surface area contributed by atoms with Crippen LogP contribution in [0.5, 0.6) is 5.75 Å². The fourth-order valence-corrected chi connectivity index (χ4v) is 3.40. The second-order valence-electron chi connectivity index (χ2n) is 6.00. The molecule has 1 aromatic carbocycles. The van der Waals surface area contributed by atoms with Crippen LogP contribution in [-0.4, -0.2) is 38.2 Å². The normalized spacial score (nSPS) is 11.0. The molecule has 0 bridgehead atoms. The van der Waals surface area contributed by atoms with Crippen molar-refractivity contribution in [2.75, 3.05) is 18.5 Å². The maximum Gasteiger partial charge on any atom is 0.258 e. The molecule has 0 aliphatic heterocycles. The number of thiazole rings is 1. The summed E-state index contributed by atoms with van der Waals surface area (Å²) in [5, 5.41) is 14.7. The molecule has 0 radical (unpaired) electrons. The Morgan fingerprint density at radius 2 is 2.03 bits per heavy atom. The molecule has 0 amide bonds. The predicted octanol–water partition coefficient (Wildman–Crippen LogP) is 2.56. The highest BCUT2D eigenvalue weighted by molar-refractivity contribution is 7.14. The van der Waals surface area contributed by atoms with Crippen molar-refractivity contribution in [1.29, 1.82) is 0 Å². The number of aromatic amines is 1. The van der Waals surface area contributed by atoms with Gasteiger partial charge in [0, 0.05) is 18.1 Å². The molecule has 4 rings (SSSR count). The molecule has 0 fully saturated rings. The summed E-state index contributed by atoms with van der Waals surface area (Å²) in [6.45, 7) is 0.389. The summed E-state index contributed by atoms with van der Waals surface area (Å²) in [6.07, 6.45) is 1.53. The number of halogens is 1. The lowest BCUT2D eigenvalue weighted by Gasteiger charge is -2.08. The van der Waals surface area contributed by atoms with Gasteiger partial charge in [0.25, 0.3) is 5.56 Å². The number of anilines is 1. The molecule has 148 valence electrons. The second kappa shape index (κ2) is 8.33. The Labute approximate surface area is 168 Å². The molecular weight excluding hydrogens is 397 g/mol. The average Bonchev–Trinajstić information content (AvgIpc) is 3.20. The van der Waals surface area contributed by atoms with Crippen LogP contribution in [0.2, 0.25) is 0 Å². The fourth-order valence-electron chi connectivity index (χ4n) is 2.68. The van der Waals surface area contributed by atoms with Gasteiger partial charge in [0.15, 0.2) is 5.13 Å². The van der Waals surface area contributed by atoms with Crippen LogP contribution in [0.25, 0.3) is 22.3 Å². The van der Waals surface area contributed by atoms with Gasteiger partial charge in [-0.05, 0) is 30.3 Å². The highest BCUT2D eigenvalue weighted by Crippen LogP contribution is 2.27. The van der Waals surface area contributed by atoms with Gasteiger partial charge in [0.05, 0.1) is 12.0 Å². The molecule has 0 unspecified atom stereocenters. The van der Waals surface area contributed by atoms with Gasteiger partial charge in [0.2, 0.25) is 0 Å². The third kappa shape index (κ3) is 4.23. The number of ether oxygens (including phenoxy) is 1. The summed E-state index contributed by atoms with van der Waals surface area (Å²) in [4.78, 5) is 28.5. The monoisotopic (exact) mass is 413 g/mol. The van der Waals surface area contributed by atoms with E-state index in [9.17, 15) is 9.18 Å². The lowest BCUT2D eigenvalue weighted by molar-refractivity contribution is 0.295. The zero-order valence-corrected chi connectivity index (χ0v) is 15.9. The largest absolute Gasteiger partial charge is 0.486 e. The highest BCUT2D eigenvalue weighted by atomic mass is 32.1. The van der Waals surface area contributed by atoms with Gasteiger partial charge in [-0.25, -0.2) is 14.4 Å². The molecule has 3 heterocycles. The van der Waals surface area contributed by atoms with E-state index in [0.29, 0.717) is 45.5 Å². The smallest absolute Gasteiger partial charge is 0.258 e. The van der Waals surface area contributed by atoms with E-state index in [-0.39, 0.29) is 24.6 Å². The van der Waals surface area contributed by atoms with Crippen LogP contribution >= 0.6 is 11.3 Å². The maximum atomic E-state index is 13.0. The van der Waals surface area contributed by atoms with E-state index in [4.69, 9.17) is 9.84 Å². The molecule has 8 nitrogen and oxygen atoms in total. The number of hydrogen-bond acceptors (Lipinski definition) is 8. The lowest BCUT2D eigenvalue weighted by atomic mass is 10.2. The van der Waals surface area contributed by atoms with Crippen molar-refractivity contribution < 1.29 is 14.2 Å². The Hall–Kier alpha value is -3.37. The molecule has 0 saturated carbocycles. The minimum absolute atomic E-state index is 0.00419. The molecule has 4 aromatic rings. The zero-order chi connectivity index (χ0) is 20.2. The summed E-state index contributed by atoms with van der Waals surface area (Å²) in [7, 11) is 0. The topological polar surface area (TPSA) is 113 Å². The SMILES string of the molecule is O=c1[nH]c(COc2ccc(F)cc2)nc2c(-c3csc(NCCO)n3)nccc12. The summed E-state index contributed by atoms with van der Waals surface area (Å²) < 4.78 is 18.6. The molecule has 10 heteroatoms. The van der Waals surface area contributed by atoms with E-state index in [1.165, 1.54) is 41.8 Å².